The maximum absolute atomic E-state index is 10.5. The average Bonchev–Trinajstić information content (AvgIpc) is 1.83. The van der Waals surface area contributed by atoms with Gasteiger partial charge in [-0.05, 0) is 0 Å². The van der Waals surface area contributed by atoms with Gasteiger partial charge in [-0.1, -0.05) is 0 Å². The molecular weight excluding hydrogens is 118 g/mol. The molecular formula is C5H14N3O+. The van der Waals surface area contributed by atoms with E-state index in [1.807, 2.05) is 14.1 Å². The highest BCUT2D eigenvalue weighted by atomic mass is 16.2. The molecule has 0 saturated carbocycles. The van der Waals surface area contributed by atoms with Gasteiger partial charge in [-0.3, -0.25) is 10.2 Å². The summed E-state index contributed by atoms with van der Waals surface area (Å²) in [5.41, 5.74) is 2.07. The fourth-order valence-corrected chi connectivity index (χ4v) is 0.436. The summed E-state index contributed by atoms with van der Waals surface area (Å²) >= 11 is 0. The molecule has 1 amide bonds. The molecule has 0 aromatic rings. The number of amides is 1. The molecule has 0 aliphatic carbocycles. The molecule has 4 nitrogen and oxygen atoms in total. The summed E-state index contributed by atoms with van der Waals surface area (Å²) in [7, 11) is 3.98. The predicted octanol–water partition coefficient (Wildman–Crippen LogP) is -2.49. The van der Waals surface area contributed by atoms with Crippen LogP contribution in [0.1, 0.15) is 6.42 Å². The first-order chi connectivity index (χ1) is 4.16. The smallest absolute Gasteiger partial charge is 0.239 e. The number of quaternary nitrogens is 1. The predicted molar refractivity (Wildman–Crippen MR) is 34.6 cm³/mol. The Morgan fingerprint density at radius 2 is 2.22 bits per heavy atom. The van der Waals surface area contributed by atoms with Crippen LogP contribution in [-0.4, -0.2) is 26.5 Å². The third-order valence-electron chi connectivity index (χ3n) is 1.01. The largest absolute Gasteiger partial charge is 0.339 e. The van der Waals surface area contributed by atoms with Crippen LogP contribution in [0.15, 0.2) is 0 Å². The van der Waals surface area contributed by atoms with Crippen LogP contribution in [-0.2, 0) is 4.79 Å². The quantitative estimate of drug-likeness (QED) is 0.226. The van der Waals surface area contributed by atoms with Gasteiger partial charge in [0, 0.05) is 0 Å². The summed E-state index contributed by atoms with van der Waals surface area (Å²) in [6.07, 6.45) is 0.499. The molecule has 0 aromatic carbocycles. The van der Waals surface area contributed by atoms with E-state index in [0.29, 0.717) is 6.42 Å². The number of hydrogen-bond donors (Lipinski definition) is 3. The molecule has 0 fully saturated rings. The topological polar surface area (TPSA) is 59.6 Å². The van der Waals surface area contributed by atoms with E-state index in [0.717, 1.165) is 6.54 Å². The lowest BCUT2D eigenvalue weighted by Gasteiger charge is -2.04. The Morgan fingerprint density at radius 1 is 1.67 bits per heavy atom. The van der Waals surface area contributed by atoms with Crippen LogP contribution >= 0.6 is 0 Å². The van der Waals surface area contributed by atoms with E-state index in [1.54, 1.807) is 0 Å². The zero-order valence-electron chi connectivity index (χ0n) is 5.90. The van der Waals surface area contributed by atoms with Gasteiger partial charge in [-0.25, -0.2) is 5.84 Å². The van der Waals surface area contributed by atoms with E-state index in [1.165, 1.54) is 4.90 Å². The van der Waals surface area contributed by atoms with Crippen LogP contribution in [0.2, 0.25) is 0 Å². The first-order valence-electron chi connectivity index (χ1n) is 2.95. The van der Waals surface area contributed by atoms with Crippen molar-refractivity contribution in [1.82, 2.24) is 5.43 Å². The SMILES string of the molecule is C[NH+](C)CCC(=O)NN. The van der Waals surface area contributed by atoms with Crippen LogP contribution in [0.25, 0.3) is 0 Å². The zero-order chi connectivity index (χ0) is 7.28. The van der Waals surface area contributed by atoms with Crippen LogP contribution in [0.4, 0.5) is 0 Å². The number of hydrogen-bond acceptors (Lipinski definition) is 2. The summed E-state index contributed by atoms with van der Waals surface area (Å²) in [4.78, 5) is 11.7. The van der Waals surface area contributed by atoms with E-state index in [-0.39, 0.29) is 5.91 Å². The van der Waals surface area contributed by atoms with Crippen molar-refractivity contribution in [2.24, 2.45) is 5.84 Å². The highest BCUT2D eigenvalue weighted by molar-refractivity contribution is 5.75. The van der Waals surface area contributed by atoms with Gasteiger partial charge in [0.05, 0.1) is 27.1 Å². The summed E-state index contributed by atoms with van der Waals surface area (Å²) in [5, 5.41) is 0. The number of carbonyl (C=O) groups is 1. The van der Waals surface area contributed by atoms with Gasteiger partial charge in [-0.2, -0.15) is 0 Å². The number of rotatable bonds is 3. The maximum atomic E-state index is 10.5. The molecule has 0 unspecified atom stereocenters. The van der Waals surface area contributed by atoms with Crippen molar-refractivity contribution >= 4 is 5.91 Å². The van der Waals surface area contributed by atoms with Gasteiger partial charge in [0.25, 0.3) is 0 Å². The van der Waals surface area contributed by atoms with Crippen molar-refractivity contribution in [2.45, 2.75) is 6.42 Å². The Labute approximate surface area is 55.0 Å². The summed E-state index contributed by atoms with van der Waals surface area (Å²) in [6, 6.07) is 0. The molecule has 0 aliphatic heterocycles. The van der Waals surface area contributed by atoms with Crippen molar-refractivity contribution < 1.29 is 9.69 Å². The Bertz CT molecular complexity index is 92.2. The number of carbonyl (C=O) groups excluding carboxylic acids is 1. The standard InChI is InChI=1S/C5H13N3O/c1-8(2)4-3-5(9)7-6/h3-4,6H2,1-2H3,(H,7,9)/p+1. The molecule has 0 heterocycles. The summed E-state index contributed by atoms with van der Waals surface area (Å²) in [5.74, 6) is 4.75. The van der Waals surface area contributed by atoms with Crippen LogP contribution < -0.4 is 16.2 Å². The van der Waals surface area contributed by atoms with Gasteiger partial charge in [0.1, 0.15) is 0 Å². The second-order valence-corrected chi connectivity index (χ2v) is 2.27. The van der Waals surface area contributed by atoms with Crippen molar-refractivity contribution in [2.75, 3.05) is 20.6 Å². The minimum atomic E-state index is -0.101. The Balaban J connectivity index is 3.17. The van der Waals surface area contributed by atoms with E-state index >= 15 is 0 Å². The Morgan fingerprint density at radius 3 is 2.56 bits per heavy atom. The fraction of sp³-hybridized carbons (Fsp3) is 0.800. The molecule has 4 N–H and O–H groups in total. The van der Waals surface area contributed by atoms with Crippen LogP contribution in [0, 0.1) is 0 Å². The van der Waals surface area contributed by atoms with E-state index in [2.05, 4.69) is 5.43 Å². The van der Waals surface area contributed by atoms with Crippen molar-refractivity contribution in [3.63, 3.8) is 0 Å². The third kappa shape index (κ3) is 5.26. The minimum Gasteiger partial charge on any atom is -0.339 e. The first kappa shape index (κ1) is 8.39. The second kappa shape index (κ2) is 4.29. The molecule has 9 heavy (non-hydrogen) atoms. The Kier molecular flexibility index (Phi) is 4.00. The van der Waals surface area contributed by atoms with E-state index < -0.39 is 0 Å². The summed E-state index contributed by atoms with van der Waals surface area (Å²) in [6.45, 7) is 0.822. The molecule has 0 rings (SSSR count). The number of nitrogens with two attached hydrogens (primary N) is 1. The highest BCUT2D eigenvalue weighted by Crippen LogP contribution is 1.67. The second-order valence-electron chi connectivity index (χ2n) is 2.27. The lowest BCUT2D eigenvalue weighted by Crippen LogP contribution is -3.05. The van der Waals surface area contributed by atoms with Crippen molar-refractivity contribution in [3.05, 3.63) is 0 Å². The lowest BCUT2D eigenvalue weighted by atomic mass is 10.4. The molecule has 0 spiro atoms. The average molecular weight is 132 g/mol. The third-order valence-corrected chi connectivity index (χ3v) is 1.01. The molecule has 54 valence electrons. The summed E-state index contributed by atoms with van der Waals surface area (Å²) < 4.78 is 0. The number of nitrogens with one attached hydrogen (secondary N) is 2. The van der Waals surface area contributed by atoms with Gasteiger partial charge < -0.3 is 4.90 Å². The normalized spacial score (nSPS) is 9.78. The van der Waals surface area contributed by atoms with Gasteiger partial charge in [0.2, 0.25) is 5.91 Å². The molecule has 0 atom stereocenters. The Hall–Kier alpha value is -0.610. The fourth-order valence-electron chi connectivity index (χ4n) is 0.436. The molecule has 0 aliphatic rings. The van der Waals surface area contributed by atoms with Gasteiger partial charge in [0.15, 0.2) is 0 Å². The molecule has 0 saturated heterocycles. The van der Waals surface area contributed by atoms with Crippen LogP contribution in [0.5, 0.6) is 0 Å². The highest BCUT2D eigenvalue weighted by Gasteiger charge is 1.99. The minimum absolute atomic E-state index is 0.101. The van der Waals surface area contributed by atoms with Crippen LogP contribution in [0.3, 0.4) is 0 Å². The van der Waals surface area contributed by atoms with E-state index in [9.17, 15) is 4.79 Å². The lowest BCUT2D eigenvalue weighted by molar-refractivity contribution is -0.857. The molecule has 0 bridgehead atoms. The molecule has 4 heteroatoms. The molecule has 0 aromatic heterocycles. The van der Waals surface area contributed by atoms with E-state index in [4.69, 9.17) is 5.84 Å². The molecule has 0 radical (unpaired) electrons. The number of hydrazine groups is 1. The monoisotopic (exact) mass is 132 g/mol. The van der Waals surface area contributed by atoms with Crippen molar-refractivity contribution in [1.29, 1.82) is 0 Å². The van der Waals surface area contributed by atoms with Crippen molar-refractivity contribution in [3.8, 4) is 0 Å². The van der Waals surface area contributed by atoms with Gasteiger partial charge >= 0.3 is 0 Å². The zero-order valence-corrected chi connectivity index (χ0v) is 5.90. The first-order valence-corrected chi connectivity index (χ1v) is 2.95. The van der Waals surface area contributed by atoms with Gasteiger partial charge in [-0.15, -0.1) is 0 Å². The maximum Gasteiger partial charge on any atom is 0.239 e.